The summed E-state index contributed by atoms with van der Waals surface area (Å²) in [6.45, 7) is 7.09. The maximum Gasteiger partial charge on any atom is 0.192 e. The lowest BCUT2D eigenvalue weighted by molar-refractivity contribution is 0.148. The number of aryl methyl sites for hydroxylation is 1. The largest absolute Gasteiger partial charge is 0.304 e. The summed E-state index contributed by atoms with van der Waals surface area (Å²) in [5.74, 6) is 0. The van der Waals surface area contributed by atoms with Crippen LogP contribution < -0.4 is 5.43 Å². The molecule has 0 bridgehead atoms. The van der Waals surface area contributed by atoms with Crippen LogP contribution in [-0.4, -0.2) is 43.0 Å². The Labute approximate surface area is 123 Å². The van der Waals surface area contributed by atoms with Gasteiger partial charge in [-0.05, 0) is 31.5 Å². The Morgan fingerprint density at radius 2 is 1.95 bits per heavy atom. The zero-order valence-corrected chi connectivity index (χ0v) is 12.9. The number of fused-ring (bicyclic) bond motifs is 1. The SMILES string of the molecule is Cc1ccc2scc(CN3CCN(C)CC3)c(=O)c2c1. The molecule has 0 atom stereocenters. The van der Waals surface area contributed by atoms with Crippen LogP contribution in [0, 0.1) is 6.92 Å². The fourth-order valence-electron chi connectivity index (χ4n) is 2.64. The lowest BCUT2D eigenvalue weighted by Crippen LogP contribution is -2.44. The maximum absolute atomic E-state index is 12.6. The minimum atomic E-state index is 0.210. The predicted octanol–water partition coefficient (Wildman–Crippen LogP) is 2.32. The van der Waals surface area contributed by atoms with Gasteiger partial charge in [0.25, 0.3) is 0 Å². The molecule has 1 aromatic heterocycles. The highest BCUT2D eigenvalue weighted by Crippen LogP contribution is 2.19. The average molecular weight is 288 g/mol. The van der Waals surface area contributed by atoms with Gasteiger partial charge in [0, 0.05) is 48.4 Å². The highest BCUT2D eigenvalue weighted by atomic mass is 32.1. The second-order valence-corrected chi connectivity index (χ2v) is 6.58. The highest BCUT2D eigenvalue weighted by molar-refractivity contribution is 7.16. The van der Waals surface area contributed by atoms with Gasteiger partial charge in [0.05, 0.1) is 0 Å². The maximum atomic E-state index is 12.6. The number of piperazine rings is 1. The van der Waals surface area contributed by atoms with Gasteiger partial charge < -0.3 is 4.90 Å². The summed E-state index contributed by atoms with van der Waals surface area (Å²) in [4.78, 5) is 17.3. The van der Waals surface area contributed by atoms with Gasteiger partial charge in [0.1, 0.15) is 0 Å². The minimum absolute atomic E-state index is 0.210. The summed E-state index contributed by atoms with van der Waals surface area (Å²) in [6, 6.07) is 6.14. The summed E-state index contributed by atoms with van der Waals surface area (Å²) < 4.78 is 1.09. The molecule has 0 radical (unpaired) electrons. The quantitative estimate of drug-likeness (QED) is 0.847. The van der Waals surface area contributed by atoms with Crippen molar-refractivity contribution in [2.45, 2.75) is 13.5 Å². The molecule has 0 spiro atoms. The van der Waals surface area contributed by atoms with E-state index in [0.717, 1.165) is 53.9 Å². The van der Waals surface area contributed by atoms with Gasteiger partial charge >= 0.3 is 0 Å². The normalized spacial score (nSPS) is 17.7. The summed E-state index contributed by atoms with van der Waals surface area (Å²) in [6.07, 6.45) is 0. The average Bonchev–Trinajstić information content (AvgIpc) is 2.45. The van der Waals surface area contributed by atoms with Crippen LogP contribution in [0.5, 0.6) is 0 Å². The number of rotatable bonds is 2. The van der Waals surface area contributed by atoms with E-state index in [2.05, 4.69) is 29.0 Å². The predicted molar refractivity (Wildman–Crippen MR) is 85.6 cm³/mol. The molecule has 0 saturated carbocycles. The Kier molecular flexibility index (Phi) is 3.87. The van der Waals surface area contributed by atoms with E-state index in [1.54, 1.807) is 11.3 Å². The fourth-order valence-corrected chi connectivity index (χ4v) is 3.52. The molecule has 4 heteroatoms. The third kappa shape index (κ3) is 2.77. The van der Waals surface area contributed by atoms with Crippen molar-refractivity contribution in [3.8, 4) is 0 Å². The lowest BCUT2D eigenvalue weighted by atomic mass is 10.1. The topological polar surface area (TPSA) is 23.6 Å². The summed E-state index contributed by atoms with van der Waals surface area (Å²) in [5.41, 5.74) is 2.30. The molecular formula is C16H20N2OS. The molecule has 0 aliphatic carbocycles. The molecular weight excluding hydrogens is 268 g/mol. The molecule has 3 rings (SSSR count). The van der Waals surface area contributed by atoms with Crippen LogP contribution in [0.4, 0.5) is 0 Å². The Morgan fingerprint density at radius 3 is 2.70 bits per heavy atom. The zero-order valence-electron chi connectivity index (χ0n) is 12.1. The van der Waals surface area contributed by atoms with Crippen LogP contribution in [0.2, 0.25) is 0 Å². The Morgan fingerprint density at radius 1 is 1.20 bits per heavy atom. The van der Waals surface area contributed by atoms with Crippen molar-refractivity contribution in [3.63, 3.8) is 0 Å². The van der Waals surface area contributed by atoms with Crippen molar-refractivity contribution in [3.05, 3.63) is 44.9 Å². The smallest absolute Gasteiger partial charge is 0.192 e. The third-order valence-corrected chi connectivity index (χ3v) is 5.00. The van der Waals surface area contributed by atoms with Crippen molar-refractivity contribution in [2.75, 3.05) is 33.2 Å². The molecule has 1 fully saturated rings. The summed E-state index contributed by atoms with van der Waals surface area (Å²) >= 11 is 1.68. The molecule has 2 heterocycles. The number of nitrogens with zero attached hydrogens (tertiary/aromatic N) is 2. The van der Waals surface area contributed by atoms with E-state index in [1.165, 1.54) is 0 Å². The second kappa shape index (κ2) is 5.64. The van der Waals surface area contributed by atoms with E-state index in [1.807, 2.05) is 18.4 Å². The summed E-state index contributed by atoms with van der Waals surface area (Å²) in [7, 11) is 2.15. The monoisotopic (exact) mass is 288 g/mol. The van der Waals surface area contributed by atoms with E-state index in [-0.39, 0.29) is 5.43 Å². The molecule has 20 heavy (non-hydrogen) atoms. The zero-order chi connectivity index (χ0) is 14.1. The first-order valence-corrected chi connectivity index (χ1v) is 7.93. The molecule has 0 N–H and O–H groups in total. The first-order chi connectivity index (χ1) is 9.63. The number of hydrogen-bond acceptors (Lipinski definition) is 4. The number of benzene rings is 1. The standard InChI is InChI=1S/C16H20N2OS/c1-12-3-4-15-14(9-12)16(19)13(11-20-15)10-18-7-5-17(2)6-8-18/h3-4,9,11H,5-8,10H2,1-2H3. The third-order valence-electron chi connectivity index (χ3n) is 3.99. The van der Waals surface area contributed by atoms with Crippen molar-refractivity contribution in [1.82, 2.24) is 9.80 Å². The van der Waals surface area contributed by atoms with Crippen LogP contribution >= 0.6 is 11.3 Å². The summed E-state index contributed by atoms with van der Waals surface area (Å²) in [5, 5.41) is 2.92. The molecule has 1 aliphatic heterocycles. The van der Waals surface area contributed by atoms with E-state index in [9.17, 15) is 4.79 Å². The number of hydrogen-bond donors (Lipinski definition) is 0. The molecule has 1 saturated heterocycles. The molecule has 3 nitrogen and oxygen atoms in total. The van der Waals surface area contributed by atoms with Gasteiger partial charge in [-0.1, -0.05) is 11.6 Å². The lowest BCUT2D eigenvalue weighted by Gasteiger charge is -2.32. The van der Waals surface area contributed by atoms with Crippen LogP contribution in [0.3, 0.4) is 0 Å². The van der Waals surface area contributed by atoms with E-state index >= 15 is 0 Å². The van der Waals surface area contributed by atoms with Gasteiger partial charge in [0.15, 0.2) is 5.43 Å². The molecule has 1 aliphatic rings. The van der Waals surface area contributed by atoms with Gasteiger partial charge in [0.2, 0.25) is 0 Å². The van der Waals surface area contributed by atoms with Crippen LogP contribution in [-0.2, 0) is 6.54 Å². The van der Waals surface area contributed by atoms with Gasteiger partial charge in [-0.15, -0.1) is 11.3 Å². The van der Waals surface area contributed by atoms with E-state index < -0.39 is 0 Å². The fraction of sp³-hybridized carbons (Fsp3) is 0.438. The Hall–Kier alpha value is -1.23. The molecule has 0 unspecified atom stereocenters. The minimum Gasteiger partial charge on any atom is -0.304 e. The molecule has 0 amide bonds. The second-order valence-electron chi connectivity index (χ2n) is 5.67. The first kappa shape index (κ1) is 13.7. The van der Waals surface area contributed by atoms with E-state index in [0.29, 0.717) is 0 Å². The molecule has 106 valence electrons. The van der Waals surface area contributed by atoms with Gasteiger partial charge in [-0.25, -0.2) is 0 Å². The van der Waals surface area contributed by atoms with Crippen molar-refractivity contribution in [2.24, 2.45) is 0 Å². The van der Waals surface area contributed by atoms with Crippen molar-refractivity contribution in [1.29, 1.82) is 0 Å². The van der Waals surface area contributed by atoms with Crippen LogP contribution in [0.15, 0.2) is 28.4 Å². The van der Waals surface area contributed by atoms with Crippen LogP contribution in [0.25, 0.3) is 10.1 Å². The Bertz CT molecular complexity index is 672. The molecule has 2 aromatic rings. The highest BCUT2D eigenvalue weighted by Gasteiger charge is 2.15. The number of likely N-dealkylation sites (N-methyl/N-ethyl adjacent to an activating group) is 1. The van der Waals surface area contributed by atoms with Gasteiger partial charge in [-0.2, -0.15) is 0 Å². The van der Waals surface area contributed by atoms with Crippen molar-refractivity contribution >= 4 is 21.4 Å². The first-order valence-electron chi connectivity index (χ1n) is 7.05. The molecule has 1 aromatic carbocycles. The Balaban J connectivity index is 1.88. The van der Waals surface area contributed by atoms with E-state index in [4.69, 9.17) is 0 Å². The van der Waals surface area contributed by atoms with Crippen molar-refractivity contribution < 1.29 is 0 Å². The van der Waals surface area contributed by atoms with Gasteiger partial charge in [-0.3, -0.25) is 9.69 Å². The van der Waals surface area contributed by atoms with Crippen LogP contribution in [0.1, 0.15) is 11.1 Å².